The van der Waals surface area contributed by atoms with Crippen molar-refractivity contribution in [1.29, 1.82) is 0 Å². The number of primary amides is 1. The van der Waals surface area contributed by atoms with Gasteiger partial charge in [-0.2, -0.15) is 0 Å². The number of halogens is 1. The summed E-state index contributed by atoms with van der Waals surface area (Å²) in [6.07, 6.45) is 0.803. The molecule has 0 aliphatic carbocycles. The number of amides is 2. The van der Waals surface area contributed by atoms with E-state index in [1.807, 2.05) is 16.7 Å². The SMILES string of the molecule is Cc1c(C(=O)N2CCCN(CC(N)=O)CC2)sc2ccc(F)cc12. The molecule has 128 valence electrons. The highest BCUT2D eigenvalue weighted by atomic mass is 32.1. The van der Waals surface area contributed by atoms with Crippen molar-refractivity contribution in [3.63, 3.8) is 0 Å². The monoisotopic (exact) mass is 349 g/mol. The fraction of sp³-hybridized carbons (Fsp3) is 0.412. The molecule has 2 amide bonds. The number of benzene rings is 1. The molecule has 0 unspecified atom stereocenters. The first-order valence-electron chi connectivity index (χ1n) is 7.94. The van der Waals surface area contributed by atoms with Crippen LogP contribution in [0.5, 0.6) is 0 Å². The lowest BCUT2D eigenvalue weighted by atomic mass is 10.1. The number of nitrogens with two attached hydrogens (primary N) is 1. The van der Waals surface area contributed by atoms with E-state index in [1.54, 1.807) is 6.07 Å². The Hall–Kier alpha value is -1.99. The summed E-state index contributed by atoms with van der Waals surface area (Å²) in [6.45, 7) is 4.69. The number of fused-ring (bicyclic) bond motifs is 1. The third-order valence-corrected chi connectivity index (χ3v) is 5.61. The molecule has 3 rings (SSSR count). The molecular weight excluding hydrogens is 329 g/mol. The molecule has 2 aromatic rings. The topological polar surface area (TPSA) is 66.6 Å². The molecule has 24 heavy (non-hydrogen) atoms. The number of thiophene rings is 1. The number of carbonyl (C=O) groups excluding carboxylic acids is 2. The molecule has 0 bridgehead atoms. The number of carbonyl (C=O) groups is 2. The maximum absolute atomic E-state index is 13.4. The minimum absolute atomic E-state index is 0.0185. The van der Waals surface area contributed by atoms with Crippen LogP contribution in [0.4, 0.5) is 4.39 Å². The summed E-state index contributed by atoms with van der Waals surface area (Å²) in [5, 5.41) is 0.800. The molecule has 1 aliphatic rings. The van der Waals surface area contributed by atoms with Gasteiger partial charge < -0.3 is 10.6 Å². The summed E-state index contributed by atoms with van der Waals surface area (Å²) in [4.78, 5) is 28.4. The van der Waals surface area contributed by atoms with Crippen LogP contribution in [-0.2, 0) is 4.79 Å². The molecule has 0 atom stereocenters. The van der Waals surface area contributed by atoms with Gasteiger partial charge in [0.1, 0.15) is 5.82 Å². The van der Waals surface area contributed by atoms with Crippen LogP contribution in [0.3, 0.4) is 0 Å². The zero-order valence-corrected chi connectivity index (χ0v) is 14.4. The predicted octanol–water partition coefficient (Wildman–Crippen LogP) is 1.98. The van der Waals surface area contributed by atoms with Gasteiger partial charge in [-0.1, -0.05) is 0 Å². The van der Waals surface area contributed by atoms with Crippen molar-refractivity contribution in [3.05, 3.63) is 34.5 Å². The second-order valence-electron chi connectivity index (χ2n) is 6.08. The number of hydrogen-bond acceptors (Lipinski definition) is 4. The third-order valence-electron chi connectivity index (χ3n) is 4.35. The van der Waals surface area contributed by atoms with E-state index in [0.717, 1.165) is 28.6 Å². The van der Waals surface area contributed by atoms with Crippen LogP contribution in [0.15, 0.2) is 18.2 Å². The maximum Gasteiger partial charge on any atom is 0.264 e. The minimum Gasteiger partial charge on any atom is -0.369 e. The highest BCUT2D eigenvalue weighted by Crippen LogP contribution is 2.32. The van der Waals surface area contributed by atoms with E-state index in [-0.39, 0.29) is 24.2 Å². The van der Waals surface area contributed by atoms with Gasteiger partial charge in [0.2, 0.25) is 5.91 Å². The van der Waals surface area contributed by atoms with Crippen molar-refractivity contribution in [2.75, 3.05) is 32.7 Å². The van der Waals surface area contributed by atoms with Crippen molar-refractivity contribution in [1.82, 2.24) is 9.80 Å². The summed E-state index contributed by atoms with van der Waals surface area (Å²) >= 11 is 1.41. The Labute approximate surface area is 143 Å². The van der Waals surface area contributed by atoms with E-state index in [9.17, 15) is 14.0 Å². The molecule has 2 heterocycles. The Balaban J connectivity index is 1.79. The summed E-state index contributed by atoms with van der Waals surface area (Å²) in [5.41, 5.74) is 6.08. The lowest BCUT2D eigenvalue weighted by Gasteiger charge is -2.21. The molecule has 1 aromatic carbocycles. The molecule has 0 radical (unpaired) electrons. The van der Waals surface area contributed by atoms with E-state index in [4.69, 9.17) is 5.73 Å². The van der Waals surface area contributed by atoms with Crippen molar-refractivity contribution < 1.29 is 14.0 Å². The molecule has 1 saturated heterocycles. The van der Waals surface area contributed by atoms with Gasteiger partial charge >= 0.3 is 0 Å². The number of hydrogen-bond donors (Lipinski definition) is 1. The van der Waals surface area contributed by atoms with E-state index in [0.29, 0.717) is 24.5 Å². The fourth-order valence-electron chi connectivity index (χ4n) is 3.09. The van der Waals surface area contributed by atoms with Crippen LogP contribution in [0.2, 0.25) is 0 Å². The quantitative estimate of drug-likeness (QED) is 0.921. The Morgan fingerprint density at radius 3 is 2.79 bits per heavy atom. The first-order valence-corrected chi connectivity index (χ1v) is 8.76. The molecule has 1 aliphatic heterocycles. The second-order valence-corrected chi connectivity index (χ2v) is 7.14. The molecule has 1 aromatic heterocycles. The molecular formula is C17H20FN3O2S. The van der Waals surface area contributed by atoms with Gasteiger partial charge in [-0.3, -0.25) is 14.5 Å². The zero-order valence-electron chi connectivity index (χ0n) is 13.5. The summed E-state index contributed by atoms with van der Waals surface area (Å²) in [7, 11) is 0. The van der Waals surface area contributed by atoms with Crippen LogP contribution in [0, 0.1) is 12.7 Å². The highest BCUT2D eigenvalue weighted by Gasteiger charge is 2.24. The zero-order chi connectivity index (χ0) is 17.3. The van der Waals surface area contributed by atoms with Crippen LogP contribution in [0.1, 0.15) is 21.7 Å². The number of aryl methyl sites for hydroxylation is 1. The highest BCUT2D eigenvalue weighted by molar-refractivity contribution is 7.21. The van der Waals surface area contributed by atoms with E-state index in [1.165, 1.54) is 23.5 Å². The van der Waals surface area contributed by atoms with Gasteiger partial charge in [-0.25, -0.2) is 4.39 Å². The van der Waals surface area contributed by atoms with Gasteiger partial charge in [0.15, 0.2) is 0 Å². The summed E-state index contributed by atoms with van der Waals surface area (Å²) < 4.78 is 14.4. The minimum atomic E-state index is -0.350. The summed E-state index contributed by atoms with van der Waals surface area (Å²) in [5.74, 6) is -0.661. The molecule has 7 heteroatoms. The van der Waals surface area contributed by atoms with Gasteiger partial charge in [0.05, 0.1) is 11.4 Å². The first-order chi connectivity index (χ1) is 11.5. The standard InChI is InChI=1S/C17H20FN3O2S/c1-11-13-9-12(18)3-4-14(13)24-16(11)17(23)21-6-2-5-20(7-8-21)10-15(19)22/h3-4,9H,2,5-8,10H2,1H3,(H2,19,22). The Morgan fingerprint density at radius 1 is 1.25 bits per heavy atom. The predicted molar refractivity (Wildman–Crippen MR) is 92.7 cm³/mol. The molecule has 0 spiro atoms. The van der Waals surface area contributed by atoms with Crippen molar-refractivity contribution in [2.45, 2.75) is 13.3 Å². The van der Waals surface area contributed by atoms with Gasteiger partial charge in [0.25, 0.3) is 5.91 Å². The summed E-state index contributed by atoms with van der Waals surface area (Å²) in [6, 6.07) is 4.62. The van der Waals surface area contributed by atoms with Crippen LogP contribution in [0.25, 0.3) is 10.1 Å². The maximum atomic E-state index is 13.4. The van der Waals surface area contributed by atoms with Crippen molar-refractivity contribution >= 4 is 33.2 Å². The largest absolute Gasteiger partial charge is 0.369 e. The first kappa shape index (κ1) is 16.9. The van der Waals surface area contributed by atoms with Gasteiger partial charge in [0, 0.05) is 30.9 Å². The van der Waals surface area contributed by atoms with E-state index in [2.05, 4.69) is 0 Å². The van der Waals surface area contributed by atoms with E-state index >= 15 is 0 Å². The molecule has 1 fully saturated rings. The normalized spacial score (nSPS) is 16.3. The Morgan fingerprint density at radius 2 is 2.04 bits per heavy atom. The Bertz CT molecular complexity index is 789. The lowest BCUT2D eigenvalue weighted by Crippen LogP contribution is -2.38. The van der Waals surface area contributed by atoms with Crippen LogP contribution >= 0.6 is 11.3 Å². The van der Waals surface area contributed by atoms with Gasteiger partial charge in [-0.05, 0) is 42.5 Å². The van der Waals surface area contributed by atoms with Crippen LogP contribution in [-0.4, -0.2) is 54.3 Å². The molecule has 5 nitrogen and oxygen atoms in total. The molecule has 0 saturated carbocycles. The number of nitrogens with zero attached hydrogens (tertiary/aromatic N) is 2. The third kappa shape index (κ3) is 3.42. The van der Waals surface area contributed by atoms with Crippen molar-refractivity contribution in [2.24, 2.45) is 5.73 Å². The van der Waals surface area contributed by atoms with Gasteiger partial charge in [-0.15, -0.1) is 11.3 Å². The van der Waals surface area contributed by atoms with E-state index < -0.39 is 0 Å². The van der Waals surface area contributed by atoms with Crippen LogP contribution < -0.4 is 5.73 Å². The van der Waals surface area contributed by atoms with Crippen molar-refractivity contribution in [3.8, 4) is 0 Å². The Kier molecular flexibility index (Phi) is 4.82. The number of rotatable bonds is 3. The molecule has 2 N–H and O–H groups in total. The average Bonchev–Trinajstić information content (AvgIpc) is 2.71. The smallest absolute Gasteiger partial charge is 0.264 e. The second kappa shape index (κ2) is 6.86. The lowest BCUT2D eigenvalue weighted by molar-refractivity contribution is -0.119. The fourth-order valence-corrected chi connectivity index (χ4v) is 4.25. The average molecular weight is 349 g/mol.